The number of ether oxygens (including phenoxy) is 1. The van der Waals surface area contributed by atoms with Gasteiger partial charge < -0.3 is 4.74 Å². The smallest absolute Gasteiger partial charge is 0.311 e. The van der Waals surface area contributed by atoms with E-state index in [0.717, 1.165) is 19.3 Å². The molecule has 0 N–H and O–H groups in total. The third-order valence-electron chi connectivity index (χ3n) is 2.73. The second kappa shape index (κ2) is 5.25. The van der Waals surface area contributed by atoms with Crippen molar-refractivity contribution in [3.63, 3.8) is 0 Å². The van der Waals surface area contributed by atoms with Crippen LogP contribution in [0.5, 0.6) is 0 Å². The van der Waals surface area contributed by atoms with Crippen molar-refractivity contribution < 1.29 is 9.53 Å². The maximum Gasteiger partial charge on any atom is 0.311 e. The van der Waals surface area contributed by atoms with Crippen molar-refractivity contribution in [1.82, 2.24) is 0 Å². The minimum atomic E-state index is -0.279. The number of esters is 1. The first-order valence-electron chi connectivity index (χ1n) is 5.04. The van der Waals surface area contributed by atoms with Crippen molar-refractivity contribution in [3.05, 3.63) is 0 Å². The molecule has 0 aromatic carbocycles. The molecule has 0 heterocycles. The highest BCUT2D eigenvalue weighted by Crippen LogP contribution is 2.30. The molecule has 0 aromatic heterocycles. The molecule has 0 saturated carbocycles. The summed E-state index contributed by atoms with van der Waals surface area (Å²) >= 11 is 0. The molecule has 0 radical (unpaired) electrons. The van der Waals surface area contributed by atoms with E-state index in [1.54, 1.807) is 0 Å². The molecule has 2 nitrogen and oxygen atoms in total. The van der Waals surface area contributed by atoms with Crippen molar-refractivity contribution >= 4 is 5.97 Å². The van der Waals surface area contributed by atoms with Gasteiger partial charge in [0.25, 0.3) is 0 Å². The second-order valence-corrected chi connectivity index (χ2v) is 4.34. The van der Waals surface area contributed by atoms with Gasteiger partial charge in [0.05, 0.1) is 12.5 Å². The van der Waals surface area contributed by atoms with E-state index < -0.39 is 0 Å². The first-order chi connectivity index (χ1) is 5.96. The Labute approximate surface area is 81.7 Å². The Kier molecular flexibility index (Phi) is 5.04. The molecule has 0 aliphatic carbocycles. The van der Waals surface area contributed by atoms with E-state index in [0.29, 0.717) is 5.92 Å². The Morgan fingerprint density at radius 1 is 1.46 bits per heavy atom. The van der Waals surface area contributed by atoms with E-state index >= 15 is 0 Å². The Balaban J connectivity index is 4.19. The monoisotopic (exact) mass is 186 g/mol. The van der Waals surface area contributed by atoms with E-state index in [1.807, 2.05) is 13.8 Å². The molecule has 2 heteroatoms. The summed E-state index contributed by atoms with van der Waals surface area (Å²) in [5.74, 6) is 0.575. The van der Waals surface area contributed by atoms with Crippen LogP contribution in [-0.2, 0) is 9.53 Å². The van der Waals surface area contributed by atoms with E-state index in [2.05, 4.69) is 13.8 Å². The molecular formula is C11H22O2. The number of carbonyl (C=O) groups excluding carboxylic acids is 1. The standard InChI is InChI=1S/C11H22O2/c1-6-11(4,10(12)13-5)8-7-9(2)3/h9H,6-8H2,1-5H3. The highest BCUT2D eigenvalue weighted by molar-refractivity contribution is 5.76. The molecule has 1 unspecified atom stereocenters. The molecule has 0 rings (SSSR count). The van der Waals surface area contributed by atoms with E-state index in [4.69, 9.17) is 4.74 Å². The van der Waals surface area contributed by atoms with Crippen LogP contribution < -0.4 is 0 Å². The molecule has 0 bridgehead atoms. The predicted molar refractivity (Wildman–Crippen MR) is 54.5 cm³/mol. The van der Waals surface area contributed by atoms with Crippen molar-refractivity contribution in [2.45, 2.75) is 47.0 Å². The number of carbonyl (C=O) groups is 1. The van der Waals surface area contributed by atoms with Gasteiger partial charge in [-0.25, -0.2) is 0 Å². The van der Waals surface area contributed by atoms with Crippen LogP contribution in [0, 0.1) is 11.3 Å². The zero-order valence-corrected chi connectivity index (χ0v) is 9.52. The second-order valence-electron chi connectivity index (χ2n) is 4.34. The van der Waals surface area contributed by atoms with Gasteiger partial charge in [0.1, 0.15) is 0 Å². The molecule has 0 fully saturated rings. The lowest BCUT2D eigenvalue weighted by molar-refractivity contribution is -0.152. The van der Waals surface area contributed by atoms with Crippen LogP contribution in [0.1, 0.15) is 47.0 Å². The number of hydrogen-bond acceptors (Lipinski definition) is 2. The lowest BCUT2D eigenvalue weighted by Crippen LogP contribution is -2.28. The average Bonchev–Trinajstić information content (AvgIpc) is 2.12. The van der Waals surface area contributed by atoms with Crippen LogP contribution >= 0.6 is 0 Å². The van der Waals surface area contributed by atoms with Gasteiger partial charge in [-0.15, -0.1) is 0 Å². The topological polar surface area (TPSA) is 26.3 Å². The van der Waals surface area contributed by atoms with Crippen LogP contribution in [0.2, 0.25) is 0 Å². The van der Waals surface area contributed by atoms with Crippen molar-refractivity contribution in [3.8, 4) is 0 Å². The average molecular weight is 186 g/mol. The lowest BCUT2D eigenvalue weighted by atomic mass is 9.81. The summed E-state index contributed by atoms with van der Waals surface area (Å²) in [5.41, 5.74) is -0.279. The summed E-state index contributed by atoms with van der Waals surface area (Å²) in [4.78, 5) is 11.5. The van der Waals surface area contributed by atoms with Gasteiger partial charge in [0, 0.05) is 0 Å². The quantitative estimate of drug-likeness (QED) is 0.617. The summed E-state index contributed by atoms with van der Waals surface area (Å²) in [5, 5.41) is 0. The lowest BCUT2D eigenvalue weighted by Gasteiger charge is -2.25. The Bertz CT molecular complexity index is 163. The van der Waals surface area contributed by atoms with Gasteiger partial charge in [-0.1, -0.05) is 20.8 Å². The molecule has 0 aromatic rings. The molecule has 0 aliphatic heterocycles. The van der Waals surface area contributed by atoms with Gasteiger partial charge in [-0.05, 0) is 32.1 Å². The number of rotatable bonds is 5. The Hall–Kier alpha value is -0.530. The summed E-state index contributed by atoms with van der Waals surface area (Å²) in [7, 11) is 1.46. The van der Waals surface area contributed by atoms with Crippen LogP contribution in [-0.4, -0.2) is 13.1 Å². The normalized spacial score (nSPS) is 15.5. The maximum absolute atomic E-state index is 11.5. The molecule has 0 amide bonds. The fourth-order valence-electron chi connectivity index (χ4n) is 1.28. The third kappa shape index (κ3) is 3.79. The summed E-state index contributed by atoms with van der Waals surface area (Å²) < 4.78 is 4.80. The molecule has 0 saturated heterocycles. The van der Waals surface area contributed by atoms with Crippen LogP contribution in [0.15, 0.2) is 0 Å². The predicted octanol–water partition coefficient (Wildman–Crippen LogP) is 3.01. The summed E-state index contributed by atoms with van der Waals surface area (Å²) in [6.07, 6.45) is 2.86. The van der Waals surface area contributed by atoms with Gasteiger partial charge in [0.15, 0.2) is 0 Å². The fraction of sp³-hybridized carbons (Fsp3) is 0.909. The van der Waals surface area contributed by atoms with E-state index in [9.17, 15) is 4.79 Å². The molecular weight excluding hydrogens is 164 g/mol. The summed E-state index contributed by atoms with van der Waals surface area (Å²) in [6, 6.07) is 0. The minimum Gasteiger partial charge on any atom is -0.469 e. The zero-order valence-electron chi connectivity index (χ0n) is 9.52. The van der Waals surface area contributed by atoms with Crippen molar-refractivity contribution in [1.29, 1.82) is 0 Å². The Morgan fingerprint density at radius 2 is 2.00 bits per heavy atom. The van der Waals surface area contributed by atoms with Gasteiger partial charge in [-0.2, -0.15) is 0 Å². The van der Waals surface area contributed by atoms with Gasteiger partial charge in [-0.3, -0.25) is 4.79 Å². The largest absolute Gasteiger partial charge is 0.469 e. The maximum atomic E-state index is 11.5. The highest BCUT2D eigenvalue weighted by atomic mass is 16.5. The third-order valence-corrected chi connectivity index (χ3v) is 2.73. The zero-order chi connectivity index (χ0) is 10.5. The minimum absolute atomic E-state index is 0.0735. The number of hydrogen-bond donors (Lipinski definition) is 0. The number of methoxy groups -OCH3 is 1. The van der Waals surface area contributed by atoms with Gasteiger partial charge >= 0.3 is 5.97 Å². The van der Waals surface area contributed by atoms with Crippen molar-refractivity contribution in [2.24, 2.45) is 11.3 Å². The molecule has 0 aliphatic rings. The van der Waals surface area contributed by atoms with Gasteiger partial charge in [0.2, 0.25) is 0 Å². The molecule has 0 spiro atoms. The van der Waals surface area contributed by atoms with E-state index in [-0.39, 0.29) is 11.4 Å². The first kappa shape index (κ1) is 12.5. The SMILES string of the molecule is CCC(C)(CCC(C)C)C(=O)OC. The fourth-order valence-corrected chi connectivity index (χ4v) is 1.28. The highest BCUT2D eigenvalue weighted by Gasteiger charge is 2.31. The van der Waals surface area contributed by atoms with E-state index in [1.165, 1.54) is 7.11 Å². The van der Waals surface area contributed by atoms with Crippen LogP contribution in [0.25, 0.3) is 0 Å². The molecule has 1 atom stereocenters. The first-order valence-corrected chi connectivity index (χ1v) is 5.04. The van der Waals surface area contributed by atoms with Crippen LogP contribution in [0.4, 0.5) is 0 Å². The van der Waals surface area contributed by atoms with Crippen molar-refractivity contribution in [2.75, 3.05) is 7.11 Å². The molecule has 13 heavy (non-hydrogen) atoms. The summed E-state index contributed by atoms with van der Waals surface area (Å²) in [6.45, 7) is 8.37. The van der Waals surface area contributed by atoms with Crippen LogP contribution in [0.3, 0.4) is 0 Å². The molecule has 78 valence electrons. The Morgan fingerprint density at radius 3 is 2.31 bits per heavy atom.